The molecular formula is C29H32N4O4. The van der Waals surface area contributed by atoms with E-state index < -0.39 is 6.04 Å². The summed E-state index contributed by atoms with van der Waals surface area (Å²) in [4.78, 5) is 54.7. The summed E-state index contributed by atoms with van der Waals surface area (Å²) in [5.74, 6) is -0.0935. The van der Waals surface area contributed by atoms with Crippen LogP contribution in [0, 0.1) is 0 Å². The fourth-order valence-corrected chi connectivity index (χ4v) is 6.23. The Kier molecular flexibility index (Phi) is 6.28. The molecule has 0 saturated carbocycles. The Labute approximate surface area is 216 Å². The van der Waals surface area contributed by atoms with E-state index in [9.17, 15) is 19.2 Å². The van der Waals surface area contributed by atoms with E-state index in [2.05, 4.69) is 46.6 Å². The van der Waals surface area contributed by atoms with Crippen molar-refractivity contribution in [2.45, 2.75) is 63.6 Å². The van der Waals surface area contributed by atoms with Gasteiger partial charge in [0.15, 0.2) is 0 Å². The monoisotopic (exact) mass is 500 g/mol. The lowest BCUT2D eigenvalue weighted by molar-refractivity contribution is -0.137. The van der Waals surface area contributed by atoms with E-state index in [1.165, 1.54) is 11.1 Å². The van der Waals surface area contributed by atoms with Crippen molar-refractivity contribution >= 4 is 29.3 Å². The van der Waals surface area contributed by atoms with E-state index in [0.717, 1.165) is 56.7 Å². The third-order valence-electron chi connectivity index (χ3n) is 8.33. The van der Waals surface area contributed by atoms with E-state index in [-0.39, 0.29) is 30.0 Å². The summed E-state index contributed by atoms with van der Waals surface area (Å²) in [5, 5.41) is 2.36. The second-order valence-electron chi connectivity index (χ2n) is 10.7. The largest absolute Gasteiger partial charge is 0.322 e. The van der Waals surface area contributed by atoms with E-state index in [0.29, 0.717) is 30.9 Å². The topological polar surface area (TPSA) is 90.0 Å². The molecule has 1 unspecified atom stereocenters. The molecule has 8 nitrogen and oxygen atoms in total. The lowest BCUT2D eigenvalue weighted by Crippen LogP contribution is -2.52. The molecule has 0 aliphatic carbocycles. The summed E-state index contributed by atoms with van der Waals surface area (Å²) in [5.41, 5.74) is 5.17. The predicted molar refractivity (Wildman–Crippen MR) is 138 cm³/mol. The van der Waals surface area contributed by atoms with Crippen LogP contribution in [0.15, 0.2) is 42.5 Å². The average Bonchev–Trinajstić information content (AvgIpc) is 3.47. The van der Waals surface area contributed by atoms with E-state index in [1.807, 2.05) is 11.0 Å². The number of nitrogens with zero attached hydrogens (tertiary/aromatic N) is 3. The highest BCUT2D eigenvalue weighted by molar-refractivity contribution is 6.05. The first-order valence-electron chi connectivity index (χ1n) is 13.4. The molecule has 4 aliphatic rings. The van der Waals surface area contributed by atoms with Crippen molar-refractivity contribution in [2.24, 2.45) is 0 Å². The molecule has 4 amide bonds. The van der Waals surface area contributed by atoms with Crippen molar-refractivity contribution in [1.29, 1.82) is 0 Å². The number of likely N-dealkylation sites (tertiary alicyclic amines) is 1. The molecule has 3 fully saturated rings. The number of hydrogen-bond donors (Lipinski definition) is 1. The molecule has 4 aliphatic heterocycles. The minimum atomic E-state index is -0.575. The molecule has 1 atom stereocenters. The zero-order valence-electron chi connectivity index (χ0n) is 20.9. The Balaban J connectivity index is 1.05. The SMILES string of the molecule is O=C1CCC(N2Cc3cc(C4CCN(Cc5ccc(N6CCCC6=O)cc5)CC4)ccc3C2=O)C(=O)N1. The number of amides is 4. The van der Waals surface area contributed by atoms with Gasteiger partial charge in [0, 0.05) is 43.7 Å². The third kappa shape index (κ3) is 4.66. The summed E-state index contributed by atoms with van der Waals surface area (Å²) >= 11 is 0. The number of fused-ring (bicyclic) bond motifs is 1. The summed E-state index contributed by atoms with van der Waals surface area (Å²) in [6, 6.07) is 14.0. The number of anilines is 1. The Hall–Kier alpha value is -3.52. The van der Waals surface area contributed by atoms with Crippen molar-refractivity contribution in [3.05, 3.63) is 64.7 Å². The lowest BCUT2D eigenvalue weighted by Gasteiger charge is -2.32. The molecule has 4 heterocycles. The number of carbonyl (C=O) groups excluding carboxylic acids is 4. The number of hydrogen-bond acceptors (Lipinski definition) is 5. The molecule has 2 aromatic carbocycles. The molecule has 2 aromatic rings. The number of imide groups is 1. The fourth-order valence-electron chi connectivity index (χ4n) is 6.23. The second-order valence-corrected chi connectivity index (χ2v) is 10.7. The van der Waals surface area contributed by atoms with E-state index in [1.54, 1.807) is 4.90 Å². The molecule has 0 spiro atoms. The van der Waals surface area contributed by atoms with Crippen LogP contribution in [0.4, 0.5) is 5.69 Å². The minimum absolute atomic E-state index is 0.119. The van der Waals surface area contributed by atoms with Crippen LogP contribution in [0.5, 0.6) is 0 Å². The van der Waals surface area contributed by atoms with Crippen LogP contribution >= 0.6 is 0 Å². The quantitative estimate of drug-likeness (QED) is 0.638. The van der Waals surface area contributed by atoms with Gasteiger partial charge in [-0.2, -0.15) is 0 Å². The van der Waals surface area contributed by atoms with Crippen molar-refractivity contribution in [2.75, 3.05) is 24.5 Å². The highest BCUT2D eigenvalue weighted by Crippen LogP contribution is 2.34. The smallest absolute Gasteiger partial charge is 0.255 e. The van der Waals surface area contributed by atoms with Gasteiger partial charge in [0.2, 0.25) is 17.7 Å². The Morgan fingerprint density at radius 2 is 1.65 bits per heavy atom. The van der Waals surface area contributed by atoms with Gasteiger partial charge in [-0.25, -0.2) is 0 Å². The predicted octanol–water partition coefficient (Wildman–Crippen LogP) is 2.95. The van der Waals surface area contributed by atoms with Crippen LogP contribution in [0.3, 0.4) is 0 Å². The highest BCUT2D eigenvalue weighted by Gasteiger charge is 2.39. The molecule has 0 aromatic heterocycles. The van der Waals surface area contributed by atoms with Gasteiger partial charge >= 0.3 is 0 Å². The van der Waals surface area contributed by atoms with Crippen LogP contribution in [0.1, 0.15) is 71.5 Å². The van der Waals surface area contributed by atoms with Crippen molar-refractivity contribution < 1.29 is 19.2 Å². The Bertz CT molecular complexity index is 1250. The van der Waals surface area contributed by atoms with Crippen LogP contribution in [0.25, 0.3) is 0 Å². The van der Waals surface area contributed by atoms with Crippen LogP contribution < -0.4 is 10.2 Å². The summed E-state index contributed by atoms with van der Waals surface area (Å²) < 4.78 is 0. The van der Waals surface area contributed by atoms with Gasteiger partial charge in [0.05, 0.1) is 0 Å². The standard InChI is InChI=1S/C29H32N4O4/c34-26-10-9-25(28(36)30-26)33-18-22-16-21(5-8-24(22)29(33)37)20-11-14-31(15-12-20)17-19-3-6-23(7-4-19)32-13-1-2-27(32)35/h3-8,16,20,25H,1-2,9-15,17-18H2,(H,30,34,36). The van der Waals surface area contributed by atoms with Crippen molar-refractivity contribution in [3.63, 3.8) is 0 Å². The molecule has 1 N–H and O–H groups in total. The maximum atomic E-state index is 13.0. The van der Waals surface area contributed by atoms with Gasteiger partial charge in [-0.15, -0.1) is 0 Å². The normalized spacial score (nSPS) is 23.1. The summed E-state index contributed by atoms with van der Waals surface area (Å²) in [6.07, 6.45) is 4.36. The Morgan fingerprint density at radius 1 is 0.865 bits per heavy atom. The third-order valence-corrected chi connectivity index (χ3v) is 8.33. The molecule has 0 bridgehead atoms. The van der Waals surface area contributed by atoms with Crippen molar-refractivity contribution in [3.8, 4) is 0 Å². The van der Waals surface area contributed by atoms with Gasteiger partial charge in [-0.1, -0.05) is 24.3 Å². The number of nitrogens with one attached hydrogen (secondary N) is 1. The molecular weight excluding hydrogens is 468 g/mol. The van der Waals surface area contributed by atoms with E-state index in [4.69, 9.17) is 0 Å². The molecule has 192 valence electrons. The fraction of sp³-hybridized carbons (Fsp3) is 0.448. The molecule has 37 heavy (non-hydrogen) atoms. The summed E-state index contributed by atoms with van der Waals surface area (Å²) in [6.45, 7) is 4.16. The lowest BCUT2D eigenvalue weighted by atomic mass is 9.87. The first kappa shape index (κ1) is 23.9. The molecule has 3 saturated heterocycles. The average molecular weight is 501 g/mol. The maximum absolute atomic E-state index is 13.0. The zero-order valence-corrected chi connectivity index (χ0v) is 20.9. The second kappa shape index (κ2) is 9.74. The van der Waals surface area contributed by atoms with Crippen LogP contribution in [0.2, 0.25) is 0 Å². The van der Waals surface area contributed by atoms with E-state index >= 15 is 0 Å². The number of piperidine rings is 2. The molecule has 0 radical (unpaired) electrons. The first-order chi connectivity index (χ1) is 18.0. The Morgan fingerprint density at radius 3 is 2.35 bits per heavy atom. The van der Waals surface area contributed by atoms with Gasteiger partial charge < -0.3 is 9.80 Å². The van der Waals surface area contributed by atoms with Gasteiger partial charge in [0.25, 0.3) is 5.91 Å². The number of rotatable bonds is 5. The van der Waals surface area contributed by atoms with Crippen LogP contribution in [-0.4, -0.2) is 59.1 Å². The van der Waals surface area contributed by atoms with Crippen molar-refractivity contribution in [1.82, 2.24) is 15.1 Å². The van der Waals surface area contributed by atoms with Gasteiger partial charge in [0.1, 0.15) is 6.04 Å². The maximum Gasteiger partial charge on any atom is 0.255 e. The molecule has 8 heteroatoms. The van der Waals surface area contributed by atoms with Gasteiger partial charge in [-0.3, -0.25) is 29.4 Å². The molecule has 6 rings (SSSR count). The van der Waals surface area contributed by atoms with Crippen LogP contribution in [-0.2, 0) is 27.5 Å². The first-order valence-corrected chi connectivity index (χ1v) is 13.4. The summed E-state index contributed by atoms with van der Waals surface area (Å²) in [7, 11) is 0. The zero-order chi connectivity index (χ0) is 25.5. The number of benzene rings is 2. The van der Waals surface area contributed by atoms with Gasteiger partial charge in [-0.05, 0) is 79.6 Å². The number of carbonyl (C=O) groups is 4. The highest BCUT2D eigenvalue weighted by atomic mass is 16.2. The minimum Gasteiger partial charge on any atom is -0.322 e.